The maximum absolute atomic E-state index is 12.6. The number of amides is 1. The number of carbonyl (C=O) groups is 1. The lowest BCUT2D eigenvalue weighted by Gasteiger charge is -2.23. The fourth-order valence-corrected chi connectivity index (χ4v) is 4.11. The van der Waals surface area contributed by atoms with E-state index >= 15 is 0 Å². The van der Waals surface area contributed by atoms with Gasteiger partial charge in [-0.2, -0.15) is 0 Å². The number of rotatable bonds is 5. The number of thiazole rings is 1. The van der Waals surface area contributed by atoms with E-state index in [4.69, 9.17) is 0 Å². The third-order valence-corrected chi connectivity index (χ3v) is 5.51. The van der Waals surface area contributed by atoms with Crippen molar-refractivity contribution >= 4 is 28.6 Å². The van der Waals surface area contributed by atoms with Crippen LogP contribution in [0.25, 0.3) is 9.88 Å². The van der Waals surface area contributed by atoms with E-state index in [0.717, 1.165) is 29.1 Å². The van der Waals surface area contributed by atoms with Gasteiger partial charge in [0.25, 0.3) is 5.91 Å². The summed E-state index contributed by atoms with van der Waals surface area (Å²) in [5.41, 5.74) is 0.577. The Morgan fingerprint density at radius 3 is 3.14 bits per heavy atom. The smallest absolute Gasteiger partial charge is 0.274 e. The Bertz CT molecular complexity index is 631. The SMILES string of the molecule is CCCC[C@H]1C=CCN1C(=O)c1csc(-c2cccs2)n1. The summed E-state index contributed by atoms with van der Waals surface area (Å²) in [6.07, 6.45) is 7.59. The molecule has 1 amide bonds. The number of hydrogen-bond donors (Lipinski definition) is 0. The second-order valence-corrected chi connectivity index (χ2v) is 6.92. The van der Waals surface area contributed by atoms with Crippen molar-refractivity contribution in [2.24, 2.45) is 0 Å². The van der Waals surface area contributed by atoms with Gasteiger partial charge in [0.05, 0.1) is 10.9 Å². The molecule has 1 aliphatic rings. The summed E-state index contributed by atoms with van der Waals surface area (Å²) >= 11 is 3.20. The maximum Gasteiger partial charge on any atom is 0.274 e. The van der Waals surface area contributed by atoms with E-state index < -0.39 is 0 Å². The van der Waals surface area contributed by atoms with Gasteiger partial charge in [0, 0.05) is 11.9 Å². The second-order valence-electron chi connectivity index (χ2n) is 5.11. The average Bonchev–Trinajstić information content (AvgIpc) is 3.24. The van der Waals surface area contributed by atoms with Gasteiger partial charge in [-0.15, -0.1) is 22.7 Å². The van der Waals surface area contributed by atoms with Gasteiger partial charge in [-0.1, -0.05) is 38.0 Å². The molecule has 0 saturated carbocycles. The van der Waals surface area contributed by atoms with E-state index in [1.807, 2.05) is 27.8 Å². The summed E-state index contributed by atoms with van der Waals surface area (Å²) in [6, 6.07) is 4.29. The van der Waals surface area contributed by atoms with Gasteiger partial charge < -0.3 is 4.90 Å². The fourth-order valence-electron chi connectivity index (χ4n) is 2.50. The zero-order chi connectivity index (χ0) is 14.7. The van der Waals surface area contributed by atoms with Gasteiger partial charge in [-0.05, 0) is 17.9 Å². The van der Waals surface area contributed by atoms with E-state index in [-0.39, 0.29) is 11.9 Å². The lowest BCUT2D eigenvalue weighted by Crippen LogP contribution is -2.36. The van der Waals surface area contributed by atoms with Crippen LogP contribution in [-0.4, -0.2) is 28.4 Å². The third-order valence-electron chi connectivity index (χ3n) is 3.63. The first-order valence-electron chi connectivity index (χ1n) is 7.26. The highest BCUT2D eigenvalue weighted by Crippen LogP contribution is 2.29. The van der Waals surface area contributed by atoms with Crippen molar-refractivity contribution in [1.29, 1.82) is 0 Å². The molecule has 0 fully saturated rings. The molecule has 21 heavy (non-hydrogen) atoms. The van der Waals surface area contributed by atoms with Gasteiger partial charge >= 0.3 is 0 Å². The number of nitrogens with zero attached hydrogens (tertiary/aromatic N) is 2. The van der Waals surface area contributed by atoms with Crippen molar-refractivity contribution in [3.05, 3.63) is 40.7 Å². The van der Waals surface area contributed by atoms with Crippen molar-refractivity contribution in [3.63, 3.8) is 0 Å². The van der Waals surface area contributed by atoms with Crippen LogP contribution in [0.5, 0.6) is 0 Å². The Kier molecular flexibility index (Phi) is 4.51. The molecule has 1 atom stereocenters. The largest absolute Gasteiger partial charge is 0.327 e. The molecule has 0 saturated heterocycles. The molecule has 2 aromatic rings. The monoisotopic (exact) mass is 318 g/mol. The summed E-state index contributed by atoms with van der Waals surface area (Å²) < 4.78 is 0. The van der Waals surface area contributed by atoms with Crippen molar-refractivity contribution in [3.8, 4) is 9.88 Å². The van der Waals surface area contributed by atoms with Crippen molar-refractivity contribution in [2.75, 3.05) is 6.54 Å². The van der Waals surface area contributed by atoms with Crippen LogP contribution in [0, 0.1) is 0 Å². The van der Waals surface area contributed by atoms with E-state index in [1.54, 1.807) is 22.7 Å². The van der Waals surface area contributed by atoms with Gasteiger partial charge in [0.1, 0.15) is 10.7 Å². The number of hydrogen-bond acceptors (Lipinski definition) is 4. The Morgan fingerprint density at radius 2 is 2.38 bits per heavy atom. The number of carbonyl (C=O) groups excluding carboxylic acids is 1. The first-order valence-corrected chi connectivity index (χ1v) is 9.02. The Hall–Kier alpha value is -1.46. The molecule has 5 heteroatoms. The van der Waals surface area contributed by atoms with Gasteiger partial charge in [-0.3, -0.25) is 4.79 Å². The van der Waals surface area contributed by atoms with Gasteiger partial charge in [-0.25, -0.2) is 4.98 Å². The maximum atomic E-state index is 12.6. The molecule has 0 unspecified atom stereocenters. The number of unbranched alkanes of at least 4 members (excludes halogenated alkanes) is 1. The van der Waals surface area contributed by atoms with Crippen LogP contribution >= 0.6 is 22.7 Å². The summed E-state index contributed by atoms with van der Waals surface area (Å²) in [5, 5.41) is 4.85. The first-order chi connectivity index (χ1) is 10.3. The Balaban J connectivity index is 1.73. The summed E-state index contributed by atoms with van der Waals surface area (Å²) in [7, 11) is 0. The highest BCUT2D eigenvalue weighted by Gasteiger charge is 2.26. The molecule has 3 rings (SSSR count). The van der Waals surface area contributed by atoms with E-state index in [9.17, 15) is 4.79 Å². The highest BCUT2D eigenvalue weighted by atomic mass is 32.1. The topological polar surface area (TPSA) is 33.2 Å². The molecule has 0 radical (unpaired) electrons. The van der Waals surface area contributed by atoms with Gasteiger partial charge in [0.2, 0.25) is 0 Å². The normalized spacial score (nSPS) is 17.6. The predicted molar refractivity (Wildman–Crippen MR) is 88.9 cm³/mol. The van der Waals surface area contributed by atoms with E-state index in [1.165, 1.54) is 0 Å². The quantitative estimate of drug-likeness (QED) is 0.763. The molecule has 0 spiro atoms. The lowest BCUT2D eigenvalue weighted by molar-refractivity contribution is 0.0738. The first kappa shape index (κ1) is 14.5. The van der Waals surface area contributed by atoms with Crippen LogP contribution in [0.2, 0.25) is 0 Å². The standard InChI is InChI=1S/C16H18N2OS2/c1-2-3-6-12-7-4-9-18(12)16(19)13-11-21-15(17-13)14-8-5-10-20-14/h4-5,7-8,10-12H,2-3,6,9H2,1H3/t12-/m0/s1. The zero-order valence-electron chi connectivity index (χ0n) is 12.0. The molecule has 3 heterocycles. The van der Waals surface area contributed by atoms with Crippen LogP contribution in [0.4, 0.5) is 0 Å². The van der Waals surface area contributed by atoms with Crippen molar-refractivity contribution < 1.29 is 4.79 Å². The molecule has 3 nitrogen and oxygen atoms in total. The molecule has 0 bridgehead atoms. The Labute approximate surface area is 132 Å². The minimum absolute atomic E-state index is 0.0557. The van der Waals surface area contributed by atoms with E-state index in [2.05, 4.69) is 24.1 Å². The minimum Gasteiger partial charge on any atom is -0.327 e. The third kappa shape index (κ3) is 3.09. The lowest BCUT2D eigenvalue weighted by atomic mass is 10.1. The molecular weight excluding hydrogens is 300 g/mol. The van der Waals surface area contributed by atoms with E-state index in [0.29, 0.717) is 12.2 Å². The van der Waals surface area contributed by atoms with Crippen LogP contribution in [0.3, 0.4) is 0 Å². The van der Waals surface area contributed by atoms with Gasteiger partial charge in [0.15, 0.2) is 0 Å². The average molecular weight is 318 g/mol. The van der Waals surface area contributed by atoms with Crippen molar-refractivity contribution in [2.45, 2.75) is 32.2 Å². The van der Waals surface area contributed by atoms with Crippen LogP contribution < -0.4 is 0 Å². The number of thiophene rings is 1. The summed E-state index contributed by atoms with van der Waals surface area (Å²) in [6.45, 7) is 2.89. The minimum atomic E-state index is 0.0557. The molecule has 0 aromatic carbocycles. The molecule has 0 aliphatic carbocycles. The molecular formula is C16H18N2OS2. The highest BCUT2D eigenvalue weighted by molar-refractivity contribution is 7.20. The molecule has 110 valence electrons. The second kappa shape index (κ2) is 6.54. The van der Waals surface area contributed by atoms with Crippen LogP contribution in [0.1, 0.15) is 36.7 Å². The Morgan fingerprint density at radius 1 is 1.48 bits per heavy atom. The molecule has 2 aromatic heterocycles. The van der Waals surface area contributed by atoms with Crippen LogP contribution in [-0.2, 0) is 0 Å². The fraction of sp³-hybridized carbons (Fsp3) is 0.375. The molecule has 0 N–H and O–H groups in total. The van der Waals surface area contributed by atoms with Crippen LogP contribution in [0.15, 0.2) is 35.0 Å². The number of aromatic nitrogens is 1. The summed E-state index contributed by atoms with van der Waals surface area (Å²) in [5.74, 6) is 0.0557. The summed E-state index contributed by atoms with van der Waals surface area (Å²) in [4.78, 5) is 20.2. The van der Waals surface area contributed by atoms with Crippen molar-refractivity contribution in [1.82, 2.24) is 9.88 Å². The zero-order valence-corrected chi connectivity index (χ0v) is 13.6. The predicted octanol–water partition coefficient (Wildman–Crippen LogP) is 4.44. The molecule has 1 aliphatic heterocycles.